The number of hydrogen-bond donors (Lipinski definition) is 0. The van der Waals surface area contributed by atoms with Gasteiger partial charge in [0.2, 0.25) is 0 Å². The number of benzene rings is 4. The Kier molecular flexibility index (Phi) is 4.04. The fraction of sp³-hybridized carbons (Fsp3) is 0. The first kappa shape index (κ1) is 19.9. The van der Waals surface area contributed by atoms with E-state index in [1.54, 1.807) is 0 Å². The molecule has 0 aliphatic heterocycles. The molecule has 0 radical (unpaired) electrons. The van der Waals surface area contributed by atoms with Crippen LogP contribution in [0.4, 0.5) is 8.78 Å². The molecule has 2 heterocycles. The smallest absolute Gasteiger partial charge is 0.266 e. The molecule has 164 valence electrons. The van der Waals surface area contributed by atoms with Crippen LogP contribution in [0, 0.1) is 11.6 Å². The highest BCUT2D eigenvalue weighted by molar-refractivity contribution is 6.04. The zero-order valence-electron chi connectivity index (χ0n) is 17.2. The molecule has 34 heavy (non-hydrogen) atoms. The van der Waals surface area contributed by atoms with Gasteiger partial charge in [0.15, 0.2) is 0 Å². The Morgan fingerprint density at radius 2 is 0.794 bits per heavy atom. The molecule has 0 fully saturated rings. The Bertz CT molecular complexity index is 1790. The summed E-state index contributed by atoms with van der Waals surface area (Å²) in [5, 5.41) is 1.39. The normalized spacial score (nSPS) is 11.7. The van der Waals surface area contributed by atoms with Gasteiger partial charge < -0.3 is 0 Å². The Hall–Kier alpha value is -4.72. The summed E-state index contributed by atoms with van der Waals surface area (Å²) >= 11 is 0. The highest BCUT2D eigenvalue weighted by Crippen LogP contribution is 2.24. The van der Waals surface area contributed by atoms with Crippen LogP contribution in [0.2, 0.25) is 0 Å². The van der Waals surface area contributed by atoms with Gasteiger partial charge in [-0.2, -0.15) is 0 Å². The van der Waals surface area contributed by atoms with Crippen molar-refractivity contribution < 1.29 is 8.78 Å². The largest absolute Gasteiger partial charge is 0.268 e. The van der Waals surface area contributed by atoms with Crippen molar-refractivity contribution in [1.29, 1.82) is 0 Å². The Morgan fingerprint density at radius 3 is 1.09 bits per heavy atom. The second-order valence-corrected chi connectivity index (χ2v) is 7.99. The van der Waals surface area contributed by atoms with Gasteiger partial charge in [0.05, 0.1) is 32.9 Å². The lowest BCUT2D eigenvalue weighted by molar-refractivity contribution is 0.626. The molecule has 0 saturated heterocycles. The molecule has 0 spiro atoms. The van der Waals surface area contributed by atoms with Crippen molar-refractivity contribution in [3.8, 4) is 11.4 Å². The van der Waals surface area contributed by atoms with Crippen molar-refractivity contribution in [1.82, 2.24) is 9.13 Å². The average Bonchev–Trinajstić information content (AvgIpc) is 3.20. The van der Waals surface area contributed by atoms with Gasteiger partial charge in [0.1, 0.15) is 11.6 Å². The van der Waals surface area contributed by atoms with Crippen LogP contribution in [0.1, 0.15) is 0 Å². The van der Waals surface area contributed by atoms with E-state index in [4.69, 9.17) is 0 Å². The minimum Gasteiger partial charge on any atom is -0.268 e. The fourth-order valence-corrected chi connectivity index (χ4v) is 4.42. The standard InChI is InChI=1S/C26H12F2N2O4/c27-15-3-1-5-17(11-15)29-23(31)19-7-13-9-21-22(10-14(13)8-20(19)24(29)32)26(34)30(25(21)33)18-6-2-4-16(28)12-18/h1-12H. The SMILES string of the molecule is O=c1c2cc3cc4c(=O)n(-c5cccc(F)c5)c(=O)c4cc3cc2c(=O)n1-c1cccc(F)c1. The zero-order valence-corrected chi connectivity index (χ0v) is 17.2. The summed E-state index contributed by atoms with van der Waals surface area (Å²) < 4.78 is 29.1. The highest BCUT2D eigenvalue weighted by atomic mass is 19.1. The highest BCUT2D eigenvalue weighted by Gasteiger charge is 2.19. The first-order valence-electron chi connectivity index (χ1n) is 10.2. The number of fused-ring (bicyclic) bond motifs is 3. The van der Waals surface area contributed by atoms with E-state index in [0.717, 1.165) is 21.3 Å². The third kappa shape index (κ3) is 2.72. The molecule has 0 saturated carbocycles. The molecule has 6 nitrogen and oxygen atoms in total. The maximum atomic E-state index is 13.7. The average molecular weight is 454 g/mol. The van der Waals surface area contributed by atoms with Gasteiger partial charge in [0.25, 0.3) is 22.2 Å². The molecule has 0 unspecified atom stereocenters. The monoisotopic (exact) mass is 454 g/mol. The first-order valence-corrected chi connectivity index (χ1v) is 10.2. The summed E-state index contributed by atoms with van der Waals surface area (Å²) in [5.41, 5.74) is -2.25. The molecule has 8 heteroatoms. The molecule has 0 atom stereocenters. The van der Waals surface area contributed by atoms with Gasteiger partial charge in [-0.1, -0.05) is 12.1 Å². The van der Waals surface area contributed by atoms with Crippen LogP contribution in [0.3, 0.4) is 0 Å². The molecule has 0 aliphatic carbocycles. The van der Waals surface area contributed by atoms with E-state index < -0.39 is 33.9 Å². The van der Waals surface area contributed by atoms with Crippen molar-refractivity contribution in [2.75, 3.05) is 0 Å². The summed E-state index contributed by atoms with van der Waals surface area (Å²) in [7, 11) is 0. The lowest BCUT2D eigenvalue weighted by Crippen LogP contribution is -2.23. The molecule has 4 aromatic carbocycles. The third-order valence-electron chi connectivity index (χ3n) is 5.98. The van der Waals surface area contributed by atoms with Crippen LogP contribution in [0.25, 0.3) is 43.7 Å². The second kappa shape index (κ2) is 6.89. The van der Waals surface area contributed by atoms with Gasteiger partial charge in [0, 0.05) is 0 Å². The molecule has 0 bridgehead atoms. The van der Waals surface area contributed by atoms with E-state index in [-0.39, 0.29) is 32.9 Å². The summed E-state index contributed by atoms with van der Waals surface area (Å²) in [6, 6.07) is 16.2. The van der Waals surface area contributed by atoms with Gasteiger partial charge in [-0.3, -0.25) is 19.2 Å². The predicted molar refractivity (Wildman–Crippen MR) is 125 cm³/mol. The number of halogens is 2. The molecule has 6 aromatic rings. The fourth-order valence-electron chi connectivity index (χ4n) is 4.42. The number of aromatic nitrogens is 2. The molecule has 6 rings (SSSR count). The van der Waals surface area contributed by atoms with Crippen LogP contribution >= 0.6 is 0 Å². The van der Waals surface area contributed by atoms with Crippen LogP contribution in [-0.4, -0.2) is 9.13 Å². The van der Waals surface area contributed by atoms with Gasteiger partial charge >= 0.3 is 0 Å². The van der Waals surface area contributed by atoms with Gasteiger partial charge in [-0.15, -0.1) is 0 Å². The lowest BCUT2D eigenvalue weighted by Gasteiger charge is -1.99. The minimum atomic E-state index is -0.614. The van der Waals surface area contributed by atoms with Crippen molar-refractivity contribution in [2.24, 2.45) is 0 Å². The Labute approximate surface area is 187 Å². The molecular formula is C26H12F2N2O4. The first-order chi connectivity index (χ1) is 16.3. The zero-order chi connectivity index (χ0) is 23.7. The topological polar surface area (TPSA) is 78.1 Å². The number of rotatable bonds is 2. The van der Waals surface area contributed by atoms with Crippen molar-refractivity contribution >= 4 is 32.3 Å². The van der Waals surface area contributed by atoms with E-state index >= 15 is 0 Å². The van der Waals surface area contributed by atoms with Crippen LogP contribution in [0.15, 0.2) is 92.0 Å². The van der Waals surface area contributed by atoms with Crippen LogP contribution < -0.4 is 22.2 Å². The Balaban J connectivity index is 1.66. The summed E-state index contributed by atoms with van der Waals surface area (Å²) in [5.74, 6) is -1.17. The maximum Gasteiger partial charge on any atom is 0.266 e. The van der Waals surface area contributed by atoms with Crippen molar-refractivity contribution in [2.45, 2.75) is 0 Å². The number of hydrogen-bond acceptors (Lipinski definition) is 4. The molecular weight excluding hydrogens is 442 g/mol. The van der Waals surface area contributed by atoms with E-state index in [1.807, 2.05) is 0 Å². The number of nitrogens with zero attached hydrogens (tertiary/aromatic N) is 2. The molecule has 2 aromatic heterocycles. The molecule has 0 amide bonds. The van der Waals surface area contributed by atoms with Gasteiger partial charge in [-0.05, 0) is 71.4 Å². The van der Waals surface area contributed by atoms with E-state index in [0.29, 0.717) is 10.8 Å². The van der Waals surface area contributed by atoms with Crippen LogP contribution in [0.5, 0.6) is 0 Å². The lowest BCUT2D eigenvalue weighted by atomic mass is 10.0. The van der Waals surface area contributed by atoms with E-state index in [1.165, 1.54) is 60.7 Å². The quantitative estimate of drug-likeness (QED) is 0.402. The molecule has 0 N–H and O–H groups in total. The van der Waals surface area contributed by atoms with E-state index in [9.17, 15) is 28.0 Å². The maximum absolute atomic E-state index is 13.7. The van der Waals surface area contributed by atoms with E-state index in [2.05, 4.69) is 0 Å². The van der Waals surface area contributed by atoms with Crippen molar-refractivity contribution in [3.05, 3.63) is 126 Å². The third-order valence-corrected chi connectivity index (χ3v) is 5.98. The predicted octanol–water partition coefficient (Wildman–Crippen LogP) is 3.32. The summed E-state index contributed by atoms with van der Waals surface area (Å²) in [4.78, 5) is 52.0. The minimum absolute atomic E-state index is 0.105. The summed E-state index contributed by atoms with van der Waals surface area (Å²) in [6.07, 6.45) is 0. The summed E-state index contributed by atoms with van der Waals surface area (Å²) in [6.45, 7) is 0. The second-order valence-electron chi connectivity index (χ2n) is 7.99. The Morgan fingerprint density at radius 1 is 0.471 bits per heavy atom. The molecule has 0 aliphatic rings. The van der Waals surface area contributed by atoms with Gasteiger partial charge in [-0.25, -0.2) is 17.9 Å². The van der Waals surface area contributed by atoms with Crippen LogP contribution in [-0.2, 0) is 0 Å². The van der Waals surface area contributed by atoms with Crippen molar-refractivity contribution in [3.63, 3.8) is 0 Å².